The van der Waals surface area contributed by atoms with Crippen LogP contribution in [-0.2, 0) is 25.5 Å². The molecule has 2 rings (SSSR count). The predicted molar refractivity (Wildman–Crippen MR) is 128 cm³/mol. The first kappa shape index (κ1) is 26.2. The quantitative estimate of drug-likeness (QED) is 0.338. The van der Waals surface area contributed by atoms with E-state index in [1.165, 1.54) is 11.8 Å². The van der Waals surface area contributed by atoms with Crippen molar-refractivity contribution in [3.05, 3.63) is 29.8 Å². The van der Waals surface area contributed by atoms with Gasteiger partial charge in [-0.15, -0.1) is 0 Å². The normalized spacial score (nSPS) is 18.7. The monoisotopic (exact) mass is 463 g/mol. The zero-order valence-corrected chi connectivity index (χ0v) is 20.4. The molecule has 0 saturated heterocycles. The number of carbonyl (C=O) groups excluding carboxylic acids is 3. The van der Waals surface area contributed by atoms with Crippen molar-refractivity contribution in [2.75, 3.05) is 13.2 Å². The lowest BCUT2D eigenvalue weighted by Gasteiger charge is -2.20. The van der Waals surface area contributed by atoms with Gasteiger partial charge < -0.3 is 14.8 Å². The lowest BCUT2D eigenvalue weighted by atomic mass is 10.0. The molecule has 1 saturated carbocycles. The van der Waals surface area contributed by atoms with Crippen molar-refractivity contribution < 1.29 is 23.9 Å². The van der Waals surface area contributed by atoms with Crippen LogP contribution in [0.3, 0.4) is 0 Å². The molecular weight excluding hydrogens is 426 g/mol. The van der Waals surface area contributed by atoms with Crippen molar-refractivity contribution >= 4 is 28.8 Å². The van der Waals surface area contributed by atoms with Crippen molar-refractivity contribution in [2.24, 2.45) is 5.92 Å². The van der Waals surface area contributed by atoms with Gasteiger partial charge in [-0.1, -0.05) is 50.6 Å². The van der Waals surface area contributed by atoms with Crippen molar-refractivity contribution in [3.63, 3.8) is 0 Å². The number of benzene rings is 1. The Morgan fingerprint density at radius 3 is 2.41 bits per heavy atom. The lowest BCUT2D eigenvalue weighted by Crippen LogP contribution is -2.45. The molecule has 1 fully saturated rings. The van der Waals surface area contributed by atoms with E-state index in [9.17, 15) is 14.4 Å². The van der Waals surface area contributed by atoms with Crippen LogP contribution in [0.5, 0.6) is 5.75 Å². The third kappa shape index (κ3) is 9.23. The molecule has 0 bridgehead atoms. The molecule has 1 aromatic rings. The Labute approximate surface area is 196 Å². The van der Waals surface area contributed by atoms with Crippen LogP contribution in [0.4, 0.5) is 0 Å². The van der Waals surface area contributed by atoms with E-state index >= 15 is 0 Å². The summed E-state index contributed by atoms with van der Waals surface area (Å²) >= 11 is 1.31. The summed E-state index contributed by atoms with van der Waals surface area (Å²) in [6.07, 6.45) is 6.42. The summed E-state index contributed by atoms with van der Waals surface area (Å²) in [4.78, 5) is 37.0. The van der Waals surface area contributed by atoms with Gasteiger partial charge in [0.1, 0.15) is 11.8 Å². The van der Waals surface area contributed by atoms with Gasteiger partial charge >= 0.3 is 5.97 Å². The third-order valence-corrected chi connectivity index (χ3v) is 6.65. The van der Waals surface area contributed by atoms with Gasteiger partial charge in [-0.05, 0) is 49.8 Å². The van der Waals surface area contributed by atoms with Crippen LogP contribution in [0.1, 0.15) is 71.3 Å². The number of unbranched alkanes of at least 4 members (excludes halogenated alkanes) is 2. The van der Waals surface area contributed by atoms with E-state index in [4.69, 9.17) is 9.47 Å². The molecular formula is C25H37NO5S. The van der Waals surface area contributed by atoms with Gasteiger partial charge in [-0.25, -0.2) is 4.79 Å². The minimum Gasteiger partial charge on any atom is -0.494 e. The Morgan fingerprint density at radius 2 is 1.75 bits per heavy atom. The number of amides is 1. The molecule has 32 heavy (non-hydrogen) atoms. The molecule has 1 amide bonds. The van der Waals surface area contributed by atoms with E-state index in [1.807, 2.05) is 31.2 Å². The second-order valence-electron chi connectivity index (χ2n) is 8.37. The largest absolute Gasteiger partial charge is 0.494 e. The number of carbonyl (C=O) groups is 3. The molecule has 178 valence electrons. The fourth-order valence-electron chi connectivity index (χ4n) is 3.71. The van der Waals surface area contributed by atoms with E-state index in [-0.39, 0.29) is 22.2 Å². The standard InChI is InChI=1S/C25H37NO5S/c1-4-6-14-30-21-11-8-19(9-12-21)16-23(25(29)31-15-7-5-2)26-24(28)20-10-13-22(17-20)32-18(3)27/h8-9,11-12,20,22-23H,4-7,10,13-17H2,1-3H3,(H,26,28)/t20?,22?,23-/m0/s1. The number of nitrogens with one attached hydrogen (secondary N) is 1. The van der Waals surface area contributed by atoms with Crippen molar-refractivity contribution in [3.8, 4) is 5.75 Å². The number of thioether (sulfide) groups is 1. The predicted octanol–water partition coefficient (Wildman–Crippen LogP) is 4.68. The Hall–Kier alpha value is -2.02. The van der Waals surface area contributed by atoms with Gasteiger partial charge in [-0.2, -0.15) is 0 Å². The highest BCUT2D eigenvalue weighted by Crippen LogP contribution is 2.34. The second kappa shape index (κ2) is 14.2. The lowest BCUT2D eigenvalue weighted by molar-refractivity contribution is -0.148. The van der Waals surface area contributed by atoms with Crippen molar-refractivity contribution in [1.82, 2.24) is 5.32 Å². The number of ether oxygens (including phenoxy) is 2. The molecule has 0 radical (unpaired) electrons. The third-order valence-electron chi connectivity index (χ3n) is 5.56. The van der Waals surface area contributed by atoms with Gasteiger partial charge in [0.15, 0.2) is 5.12 Å². The van der Waals surface area contributed by atoms with Gasteiger partial charge in [0.05, 0.1) is 13.2 Å². The van der Waals surface area contributed by atoms with Crippen LogP contribution in [0.25, 0.3) is 0 Å². The van der Waals surface area contributed by atoms with E-state index < -0.39 is 12.0 Å². The molecule has 1 aliphatic carbocycles. The number of rotatable bonds is 13. The first-order chi connectivity index (χ1) is 15.4. The maximum absolute atomic E-state index is 12.9. The minimum absolute atomic E-state index is 0.0792. The molecule has 0 aromatic heterocycles. The number of hydrogen-bond acceptors (Lipinski definition) is 6. The Bertz CT molecular complexity index is 736. The van der Waals surface area contributed by atoms with Gasteiger partial charge in [-0.3, -0.25) is 9.59 Å². The molecule has 0 heterocycles. The van der Waals surface area contributed by atoms with Crippen LogP contribution in [-0.4, -0.2) is 41.5 Å². The summed E-state index contributed by atoms with van der Waals surface area (Å²) in [6, 6.07) is 6.91. The number of hydrogen-bond donors (Lipinski definition) is 1. The van der Waals surface area contributed by atoms with Crippen LogP contribution < -0.4 is 10.1 Å². The zero-order chi connectivity index (χ0) is 23.3. The number of esters is 1. The van der Waals surface area contributed by atoms with Crippen LogP contribution in [0.2, 0.25) is 0 Å². The summed E-state index contributed by atoms with van der Waals surface area (Å²) in [5.41, 5.74) is 0.932. The molecule has 0 aliphatic heterocycles. The maximum atomic E-state index is 12.9. The van der Waals surface area contributed by atoms with Crippen molar-refractivity contribution in [1.29, 1.82) is 0 Å². The highest BCUT2D eigenvalue weighted by Gasteiger charge is 2.33. The Balaban J connectivity index is 1.98. The van der Waals surface area contributed by atoms with E-state index in [0.29, 0.717) is 26.1 Å². The topological polar surface area (TPSA) is 81.7 Å². The Morgan fingerprint density at radius 1 is 1.06 bits per heavy atom. The van der Waals surface area contributed by atoms with Gasteiger partial charge in [0, 0.05) is 24.5 Å². The second-order valence-corrected chi connectivity index (χ2v) is 9.85. The molecule has 3 atom stereocenters. The Kier molecular flexibility index (Phi) is 11.6. The summed E-state index contributed by atoms with van der Waals surface area (Å²) in [5, 5.41) is 3.18. The summed E-state index contributed by atoms with van der Waals surface area (Å²) in [6.45, 7) is 6.75. The first-order valence-electron chi connectivity index (χ1n) is 11.8. The molecule has 1 N–H and O–H groups in total. The highest BCUT2D eigenvalue weighted by atomic mass is 32.2. The smallest absolute Gasteiger partial charge is 0.328 e. The van der Waals surface area contributed by atoms with Gasteiger partial charge in [0.25, 0.3) is 0 Å². The molecule has 0 spiro atoms. The van der Waals surface area contributed by atoms with Gasteiger partial charge in [0.2, 0.25) is 5.91 Å². The van der Waals surface area contributed by atoms with Crippen LogP contribution >= 0.6 is 11.8 Å². The maximum Gasteiger partial charge on any atom is 0.328 e. The average Bonchev–Trinajstić information content (AvgIpc) is 3.22. The SMILES string of the molecule is CCCCOC(=O)[C@H](Cc1ccc(OCCCC)cc1)NC(=O)C1CCC(SC(C)=O)C1. The van der Waals surface area contributed by atoms with Crippen LogP contribution in [0.15, 0.2) is 24.3 Å². The average molecular weight is 464 g/mol. The first-order valence-corrected chi connectivity index (χ1v) is 12.7. The van der Waals surface area contributed by atoms with E-state index in [1.54, 1.807) is 6.92 Å². The summed E-state index contributed by atoms with van der Waals surface area (Å²) < 4.78 is 11.1. The molecule has 1 aliphatic rings. The fraction of sp³-hybridized carbons (Fsp3) is 0.640. The minimum atomic E-state index is -0.731. The molecule has 6 nitrogen and oxygen atoms in total. The summed E-state index contributed by atoms with van der Waals surface area (Å²) in [5.74, 6) is 0.0942. The molecule has 1 aromatic carbocycles. The van der Waals surface area contributed by atoms with Crippen molar-refractivity contribution in [2.45, 2.75) is 83.4 Å². The van der Waals surface area contributed by atoms with E-state index in [0.717, 1.165) is 49.8 Å². The molecule has 7 heteroatoms. The van der Waals surface area contributed by atoms with E-state index in [2.05, 4.69) is 12.2 Å². The zero-order valence-electron chi connectivity index (χ0n) is 19.6. The van der Waals surface area contributed by atoms with Crippen LogP contribution in [0, 0.1) is 5.92 Å². The fourth-order valence-corrected chi connectivity index (χ4v) is 4.76. The summed E-state index contributed by atoms with van der Waals surface area (Å²) in [7, 11) is 0. The highest BCUT2D eigenvalue weighted by molar-refractivity contribution is 8.14. The molecule has 2 unspecified atom stereocenters.